The summed E-state index contributed by atoms with van der Waals surface area (Å²) in [7, 11) is 0. The van der Waals surface area contributed by atoms with E-state index >= 15 is 0 Å². The van der Waals surface area contributed by atoms with E-state index in [-0.39, 0.29) is 11.9 Å². The third kappa shape index (κ3) is 3.64. The molecule has 0 saturated carbocycles. The zero-order chi connectivity index (χ0) is 12.1. The van der Waals surface area contributed by atoms with Crippen molar-refractivity contribution >= 4 is 0 Å². The van der Waals surface area contributed by atoms with E-state index in [1.54, 1.807) is 12.1 Å². The van der Waals surface area contributed by atoms with Crippen molar-refractivity contribution in [2.75, 3.05) is 19.7 Å². The predicted octanol–water partition coefficient (Wildman–Crippen LogP) is 2.34. The molecule has 1 aromatic carbocycles. The van der Waals surface area contributed by atoms with Crippen LogP contribution in [0, 0.1) is 0 Å². The lowest BCUT2D eigenvalue weighted by Crippen LogP contribution is -2.20. The van der Waals surface area contributed by atoms with Crippen LogP contribution in [-0.2, 0) is 4.74 Å². The number of hydrogen-bond donors (Lipinski definition) is 1. The maximum Gasteiger partial charge on any atom is 0.387 e. The molecule has 0 spiro atoms. The second kappa shape index (κ2) is 5.93. The molecule has 5 heteroatoms. The van der Waals surface area contributed by atoms with Gasteiger partial charge in [0.2, 0.25) is 0 Å². The van der Waals surface area contributed by atoms with E-state index < -0.39 is 6.61 Å². The molecule has 1 aromatic rings. The molecule has 1 aliphatic rings. The van der Waals surface area contributed by atoms with E-state index in [0.717, 1.165) is 25.1 Å². The average molecular weight is 243 g/mol. The van der Waals surface area contributed by atoms with Gasteiger partial charge < -0.3 is 14.8 Å². The number of benzene rings is 1. The van der Waals surface area contributed by atoms with Crippen molar-refractivity contribution in [3.8, 4) is 5.75 Å². The highest BCUT2D eigenvalue weighted by molar-refractivity contribution is 5.28. The molecular formula is C12H15F2NO2. The van der Waals surface area contributed by atoms with Crippen LogP contribution < -0.4 is 10.1 Å². The van der Waals surface area contributed by atoms with Gasteiger partial charge in [-0.3, -0.25) is 0 Å². The van der Waals surface area contributed by atoms with Gasteiger partial charge in [-0.15, -0.1) is 0 Å². The van der Waals surface area contributed by atoms with E-state index in [4.69, 9.17) is 4.74 Å². The summed E-state index contributed by atoms with van der Waals surface area (Å²) in [6.07, 6.45) is 0.974. The van der Waals surface area contributed by atoms with Crippen molar-refractivity contribution in [3.63, 3.8) is 0 Å². The Morgan fingerprint density at radius 3 is 2.76 bits per heavy atom. The van der Waals surface area contributed by atoms with Crippen molar-refractivity contribution in [2.24, 2.45) is 0 Å². The Balaban J connectivity index is 2.00. The van der Waals surface area contributed by atoms with Crippen molar-refractivity contribution in [3.05, 3.63) is 29.8 Å². The molecule has 0 amide bonds. The zero-order valence-electron chi connectivity index (χ0n) is 9.36. The molecule has 1 saturated heterocycles. The molecule has 1 N–H and O–H groups in total. The molecule has 94 valence electrons. The van der Waals surface area contributed by atoms with Gasteiger partial charge in [0.15, 0.2) is 0 Å². The van der Waals surface area contributed by atoms with Crippen LogP contribution in [0.15, 0.2) is 24.3 Å². The smallest absolute Gasteiger partial charge is 0.387 e. The molecule has 0 bridgehead atoms. The number of alkyl halides is 2. The van der Waals surface area contributed by atoms with Gasteiger partial charge in [0.05, 0.1) is 6.10 Å². The second-order valence-electron chi connectivity index (χ2n) is 3.86. The van der Waals surface area contributed by atoms with Gasteiger partial charge >= 0.3 is 6.61 Å². The van der Waals surface area contributed by atoms with E-state index in [1.807, 2.05) is 0 Å². The van der Waals surface area contributed by atoms with Crippen LogP contribution in [0.5, 0.6) is 5.75 Å². The summed E-state index contributed by atoms with van der Waals surface area (Å²) in [5.74, 6) is 0.172. The number of halogens is 2. The Hall–Kier alpha value is -1.20. The van der Waals surface area contributed by atoms with Gasteiger partial charge in [-0.1, -0.05) is 12.1 Å². The summed E-state index contributed by atoms with van der Waals surface area (Å²) in [5.41, 5.74) is 0.973. The summed E-state index contributed by atoms with van der Waals surface area (Å²) in [6.45, 7) is -0.373. The molecule has 1 fully saturated rings. The largest absolute Gasteiger partial charge is 0.435 e. The van der Waals surface area contributed by atoms with Crippen LogP contribution in [-0.4, -0.2) is 26.3 Å². The van der Waals surface area contributed by atoms with E-state index in [2.05, 4.69) is 10.1 Å². The van der Waals surface area contributed by atoms with Crippen LogP contribution in [0.2, 0.25) is 0 Å². The molecule has 0 aromatic heterocycles. The normalized spacial score (nSPS) is 21.2. The van der Waals surface area contributed by atoms with Gasteiger partial charge in [0.1, 0.15) is 5.75 Å². The minimum atomic E-state index is -2.78. The number of nitrogens with one attached hydrogen (secondary N) is 1. The molecule has 0 radical (unpaired) electrons. The molecule has 3 nitrogen and oxygen atoms in total. The highest BCUT2D eigenvalue weighted by atomic mass is 19.3. The Labute approximate surface area is 98.7 Å². The first-order chi connectivity index (χ1) is 8.25. The van der Waals surface area contributed by atoms with Crippen LogP contribution in [0.1, 0.15) is 18.1 Å². The molecule has 1 atom stereocenters. The number of rotatable bonds is 3. The predicted molar refractivity (Wildman–Crippen MR) is 59.3 cm³/mol. The lowest BCUT2D eigenvalue weighted by atomic mass is 10.1. The fraction of sp³-hybridized carbons (Fsp3) is 0.500. The lowest BCUT2D eigenvalue weighted by molar-refractivity contribution is -0.0498. The van der Waals surface area contributed by atoms with Gasteiger partial charge in [-0.2, -0.15) is 8.78 Å². The van der Waals surface area contributed by atoms with Crippen LogP contribution >= 0.6 is 0 Å². The SMILES string of the molecule is FC(F)Oc1ccc(C2CNCCCO2)cc1. The van der Waals surface area contributed by atoms with E-state index in [9.17, 15) is 8.78 Å². The third-order valence-corrected chi connectivity index (χ3v) is 2.62. The standard InChI is InChI=1S/C12H15F2NO2/c13-12(14)17-10-4-2-9(3-5-10)11-8-15-6-1-7-16-11/h2-5,11-12,15H,1,6-8H2. The highest BCUT2D eigenvalue weighted by Crippen LogP contribution is 2.22. The summed E-state index contributed by atoms with van der Waals surface area (Å²) < 4.78 is 33.9. The van der Waals surface area contributed by atoms with Gasteiger partial charge in [0.25, 0.3) is 0 Å². The first-order valence-corrected chi connectivity index (χ1v) is 5.63. The Morgan fingerprint density at radius 2 is 2.06 bits per heavy atom. The molecule has 1 unspecified atom stereocenters. The Morgan fingerprint density at radius 1 is 1.29 bits per heavy atom. The summed E-state index contributed by atoms with van der Waals surface area (Å²) in [6, 6.07) is 6.59. The van der Waals surface area contributed by atoms with E-state index in [1.165, 1.54) is 12.1 Å². The number of hydrogen-bond acceptors (Lipinski definition) is 3. The van der Waals surface area contributed by atoms with Crippen LogP contribution in [0.25, 0.3) is 0 Å². The quantitative estimate of drug-likeness (QED) is 0.883. The fourth-order valence-electron chi connectivity index (χ4n) is 1.79. The molecule has 1 aliphatic heterocycles. The first kappa shape index (κ1) is 12.3. The molecule has 0 aliphatic carbocycles. The zero-order valence-corrected chi connectivity index (χ0v) is 9.36. The lowest BCUT2D eigenvalue weighted by Gasteiger charge is -2.15. The first-order valence-electron chi connectivity index (χ1n) is 5.63. The van der Waals surface area contributed by atoms with Gasteiger partial charge in [-0.05, 0) is 30.7 Å². The van der Waals surface area contributed by atoms with Crippen molar-refractivity contribution in [1.29, 1.82) is 0 Å². The Kier molecular flexibility index (Phi) is 4.28. The molecule has 17 heavy (non-hydrogen) atoms. The monoisotopic (exact) mass is 243 g/mol. The molecule has 2 rings (SSSR count). The molecule has 1 heterocycles. The number of ether oxygens (including phenoxy) is 2. The topological polar surface area (TPSA) is 30.5 Å². The van der Waals surface area contributed by atoms with Gasteiger partial charge in [-0.25, -0.2) is 0 Å². The maximum atomic E-state index is 12.0. The fourth-order valence-corrected chi connectivity index (χ4v) is 1.79. The van der Waals surface area contributed by atoms with Crippen LogP contribution in [0.3, 0.4) is 0 Å². The van der Waals surface area contributed by atoms with Crippen molar-refractivity contribution in [2.45, 2.75) is 19.1 Å². The highest BCUT2D eigenvalue weighted by Gasteiger charge is 2.14. The summed E-state index contributed by atoms with van der Waals surface area (Å²) in [5, 5.41) is 3.27. The van der Waals surface area contributed by atoms with Gasteiger partial charge in [0, 0.05) is 13.2 Å². The second-order valence-corrected chi connectivity index (χ2v) is 3.86. The van der Waals surface area contributed by atoms with E-state index in [0.29, 0.717) is 6.61 Å². The average Bonchev–Trinajstić information content (AvgIpc) is 2.58. The summed E-state index contributed by atoms with van der Waals surface area (Å²) in [4.78, 5) is 0. The van der Waals surface area contributed by atoms with Crippen LogP contribution in [0.4, 0.5) is 8.78 Å². The summed E-state index contributed by atoms with van der Waals surface area (Å²) >= 11 is 0. The van der Waals surface area contributed by atoms with Crippen molar-refractivity contribution in [1.82, 2.24) is 5.32 Å². The minimum Gasteiger partial charge on any atom is -0.435 e. The van der Waals surface area contributed by atoms with Crippen molar-refractivity contribution < 1.29 is 18.3 Å². The Bertz CT molecular complexity index is 335. The third-order valence-electron chi connectivity index (χ3n) is 2.62. The molecular weight excluding hydrogens is 228 g/mol. The minimum absolute atomic E-state index is 0.0156. The maximum absolute atomic E-state index is 12.0.